The average molecular weight is 987 g/mol. The highest BCUT2D eigenvalue weighted by Crippen LogP contribution is 2.48. The molecule has 4 aromatic heterocycles. The van der Waals surface area contributed by atoms with E-state index in [9.17, 15) is 0 Å². The van der Waals surface area contributed by atoms with Crippen LogP contribution in [0.3, 0.4) is 0 Å². The minimum atomic E-state index is 0.419. The van der Waals surface area contributed by atoms with Crippen molar-refractivity contribution in [1.29, 1.82) is 0 Å². The van der Waals surface area contributed by atoms with E-state index in [0.717, 1.165) is 40.8 Å². The van der Waals surface area contributed by atoms with E-state index in [1.54, 1.807) is 22.7 Å². The number of halogens is 2. The SMILES string of the molecule is CCCCCCCCC(CCCCCCCC)c1nc2c(-c3ccc(Br)s3)c3nsnc3c(-c3ccc(Br)s3)c2nc1C(CCCCCCCC)CCCCCCCC. The lowest BCUT2D eigenvalue weighted by molar-refractivity contribution is 0.452. The summed E-state index contributed by atoms with van der Waals surface area (Å²) in [6.07, 6.45) is 36.6. The van der Waals surface area contributed by atoms with Crippen molar-refractivity contribution < 1.29 is 0 Å². The zero-order valence-corrected chi connectivity index (χ0v) is 42.7. The van der Waals surface area contributed by atoms with Gasteiger partial charge < -0.3 is 0 Å². The number of benzene rings is 1. The molecule has 0 aliphatic rings. The van der Waals surface area contributed by atoms with E-state index in [0.29, 0.717) is 11.8 Å². The maximum absolute atomic E-state index is 6.06. The van der Waals surface area contributed by atoms with Gasteiger partial charge in [0, 0.05) is 32.7 Å². The summed E-state index contributed by atoms with van der Waals surface area (Å²) in [5, 5.41) is 0. The van der Waals surface area contributed by atoms with Crippen molar-refractivity contribution in [2.24, 2.45) is 0 Å². The summed E-state index contributed by atoms with van der Waals surface area (Å²) in [5.41, 5.74) is 8.82. The smallest absolute Gasteiger partial charge is 0.116 e. The first kappa shape index (κ1) is 48.8. The summed E-state index contributed by atoms with van der Waals surface area (Å²) < 4.78 is 12.3. The molecular weight excluding hydrogens is 913 g/mol. The predicted molar refractivity (Wildman–Crippen MR) is 270 cm³/mol. The molecule has 5 rings (SSSR count). The van der Waals surface area contributed by atoms with E-state index in [1.807, 2.05) is 0 Å². The first-order valence-electron chi connectivity index (χ1n) is 24.0. The predicted octanol–water partition coefficient (Wildman–Crippen LogP) is 19.8. The van der Waals surface area contributed by atoms with Gasteiger partial charge in [0.1, 0.15) is 22.1 Å². The molecule has 0 bridgehead atoms. The molecule has 0 spiro atoms. The summed E-state index contributed by atoms with van der Waals surface area (Å²) in [6, 6.07) is 8.81. The Hall–Kier alpha value is -1.26. The molecule has 5 aromatic rings. The topological polar surface area (TPSA) is 51.6 Å². The number of hydrogen-bond acceptors (Lipinski definition) is 7. The first-order chi connectivity index (χ1) is 29.0. The Morgan fingerprint density at radius 3 is 1.00 bits per heavy atom. The van der Waals surface area contributed by atoms with Crippen molar-refractivity contribution in [2.75, 3.05) is 0 Å². The minimum absolute atomic E-state index is 0.419. The van der Waals surface area contributed by atoms with Gasteiger partial charge in [-0.1, -0.05) is 182 Å². The van der Waals surface area contributed by atoms with Crippen LogP contribution in [0.1, 0.15) is 231 Å². The number of unbranched alkanes of at least 4 members (excludes halogenated alkanes) is 20. The van der Waals surface area contributed by atoms with Gasteiger partial charge in [0.05, 0.1) is 30.7 Å². The van der Waals surface area contributed by atoms with E-state index in [1.165, 1.54) is 213 Å². The Morgan fingerprint density at radius 2 is 0.712 bits per heavy atom. The highest BCUT2D eigenvalue weighted by Gasteiger charge is 2.30. The third-order valence-electron chi connectivity index (χ3n) is 12.4. The molecule has 0 amide bonds. The second-order valence-corrected chi connectivity index (χ2v) is 22.7. The molecule has 0 aliphatic heterocycles. The van der Waals surface area contributed by atoms with Crippen molar-refractivity contribution in [2.45, 2.75) is 219 Å². The van der Waals surface area contributed by atoms with Crippen LogP contribution in [0.15, 0.2) is 31.8 Å². The molecule has 1 aromatic carbocycles. The van der Waals surface area contributed by atoms with Crippen LogP contribution >= 0.6 is 66.3 Å². The monoisotopic (exact) mass is 984 g/mol. The Balaban J connectivity index is 1.69. The average Bonchev–Trinajstić information content (AvgIpc) is 4.01. The van der Waals surface area contributed by atoms with Crippen LogP contribution in [0.2, 0.25) is 0 Å². The fourth-order valence-electron chi connectivity index (χ4n) is 9.04. The zero-order chi connectivity index (χ0) is 41.7. The lowest BCUT2D eigenvalue weighted by atomic mass is 9.83. The maximum Gasteiger partial charge on any atom is 0.116 e. The van der Waals surface area contributed by atoms with Crippen molar-refractivity contribution in [3.8, 4) is 20.9 Å². The highest BCUT2D eigenvalue weighted by molar-refractivity contribution is 9.11. The highest BCUT2D eigenvalue weighted by atomic mass is 79.9. The standard InChI is InChI=1S/C50H74Br2N4S3/c1-5-9-13-17-21-25-29-37(30-26-22-18-14-10-6-2)45-46(38(31-27-23-19-15-11-7-3)32-28-24-20-16-12-8-4)54-48-44(40-34-36-42(52)58-40)50-49(55-59-56-50)43(47(48)53-45)39-33-35-41(51)57-39/h33-38H,5-32H2,1-4H3. The minimum Gasteiger partial charge on any atom is -0.248 e. The zero-order valence-electron chi connectivity index (χ0n) is 37.0. The Morgan fingerprint density at radius 1 is 0.407 bits per heavy atom. The Bertz CT molecular complexity index is 1750. The lowest BCUT2D eigenvalue weighted by Gasteiger charge is -2.26. The maximum atomic E-state index is 6.06. The first-order valence-corrected chi connectivity index (χ1v) is 28.0. The molecule has 0 saturated carbocycles. The number of aromatic nitrogens is 4. The second-order valence-electron chi connectivity index (χ2n) is 17.2. The van der Waals surface area contributed by atoms with Crippen LogP contribution in [0, 0.1) is 0 Å². The molecule has 4 heterocycles. The van der Waals surface area contributed by atoms with Crippen LogP contribution in [0.4, 0.5) is 0 Å². The third-order valence-corrected chi connectivity index (χ3v) is 16.2. The number of thiophene rings is 2. The molecule has 0 N–H and O–H groups in total. The number of hydrogen-bond donors (Lipinski definition) is 0. The van der Waals surface area contributed by atoms with Gasteiger partial charge in [-0.3, -0.25) is 0 Å². The van der Waals surface area contributed by atoms with Crippen LogP contribution in [-0.4, -0.2) is 18.7 Å². The number of nitrogens with zero attached hydrogens (tertiary/aromatic N) is 4. The van der Waals surface area contributed by atoms with Crippen molar-refractivity contribution in [1.82, 2.24) is 18.7 Å². The van der Waals surface area contributed by atoms with Crippen molar-refractivity contribution in [3.05, 3.63) is 43.2 Å². The summed E-state index contributed by atoms with van der Waals surface area (Å²) >= 11 is 12.5. The molecule has 0 aliphatic carbocycles. The molecule has 9 heteroatoms. The summed E-state index contributed by atoms with van der Waals surface area (Å²) in [6.45, 7) is 9.30. The quantitative estimate of drug-likeness (QED) is 0.0403. The van der Waals surface area contributed by atoms with Gasteiger partial charge in [-0.2, -0.15) is 8.75 Å². The molecule has 0 atom stereocenters. The summed E-state index contributed by atoms with van der Waals surface area (Å²) in [4.78, 5) is 14.5. The van der Waals surface area contributed by atoms with Gasteiger partial charge in [-0.15, -0.1) is 22.7 Å². The van der Waals surface area contributed by atoms with Crippen LogP contribution in [0.5, 0.6) is 0 Å². The van der Waals surface area contributed by atoms with Gasteiger partial charge in [0.25, 0.3) is 0 Å². The normalized spacial score (nSPS) is 12.1. The molecule has 0 saturated heterocycles. The summed E-state index contributed by atoms with van der Waals surface area (Å²) in [5.74, 6) is 0.838. The van der Waals surface area contributed by atoms with E-state index in [2.05, 4.69) is 83.8 Å². The van der Waals surface area contributed by atoms with Gasteiger partial charge in [-0.25, -0.2) is 9.97 Å². The largest absolute Gasteiger partial charge is 0.248 e. The molecular formula is C50H74Br2N4S3. The van der Waals surface area contributed by atoms with Crippen LogP contribution in [0.25, 0.3) is 42.9 Å². The molecule has 4 nitrogen and oxygen atoms in total. The fourth-order valence-corrected chi connectivity index (χ4v) is 12.5. The van der Waals surface area contributed by atoms with Gasteiger partial charge >= 0.3 is 0 Å². The van der Waals surface area contributed by atoms with E-state index >= 15 is 0 Å². The Labute approximate surface area is 387 Å². The van der Waals surface area contributed by atoms with Gasteiger partial charge in [-0.05, 0) is 81.8 Å². The van der Waals surface area contributed by atoms with E-state index < -0.39 is 0 Å². The number of fused-ring (bicyclic) bond motifs is 2. The Kier molecular flexibility index (Phi) is 22.9. The molecule has 0 radical (unpaired) electrons. The number of rotatable bonds is 32. The molecule has 0 fully saturated rings. The second kappa shape index (κ2) is 27.7. The van der Waals surface area contributed by atoms with Crippen LogP contribution in [-0.2, 0) is 0 Å². The van der Waals surface area contributed by atoms with Crippen LogP contribution < -0.4 is 0 Å². The fraction of sp³-hybridized carbons (Fsp3) is 0.680. The lowest BCUT2D eigenvalue weighted by Crippen LogP contribution is -2.14. The molecule has 326 valence electrons. The third kappa shape index (κ3) is 14.9. The molecule has 0 unspecified atom stereocenters. The van der Waals surface area contributed by atoms with E-state index in [4.69, 9.17) is 18.7 Å². The van der Waals surface area contributed by atoms with Crippen molar-refractivity contribution in [3.63, 3.8) is 0 Å². The summed E-state index contributed by atoms with van der Waals surface area (Å²) in [7, 11) is 0. The van der Waals surface area contributed by atoms with E-state index in [-0.39, 0.29) is 0 Å². The van der Waals surface area contributed by atoms with Gasteiger partial charge in [0.2, 0.25) is 0 Å². The molecule has 59 heavy (non-hydrogen) atoms. The van der Waals surface area contributed by atoms with Gasteiger partial charge in [0.15, 0.2) is 0 Å². The van der Waals surface area contributed by atoms with Crippen molar-refractivity contribution >= 4 is 88.3 Å².